The number of hydrogen-bond donors (Lipinski definition) is 2. The Balaban J connectivity index is 1.68. The van der Waals surface area contributed by atoms with E-state index < -0.39 is 0 Å². The number of aromatic amines is 1. The van der Waals surface area contributed by atoms with Crippen LogP contribution in [0.25, 0.3) is 10.9 Å². The van der Waals surface area contributed by atoms with Gasteiger partial charge in [-0.25, -0.2) is 4.79 Å². The van der Waals surface area contributed by atoms with Crippen molar-refractivity contribution in [2.45, 2.75) is 13.0 Å². The topological polar surface area (TPSA) is 48.1 Å². The summed E-state index contributed by atoms with van der Waals surface area (Å²) >= 11 is 1.91. The van der Waals surface area contributed by atoms with Crippen LogP contribution in [0, 0.1) is 0 Å². The minimum absolute atomic E-state index is 0.0244. The number of hydrogen-bond acceptors (Lipinski definition) is 2. The van der Waals surface area contributed by atoms with E-state index in [1.165, 1.54) is 5.39 Å². The molecular weight excluding hydrogens is 270 g/mol. The van der Waals surface area contributed by atoms with Crippen molar-refractivity contribution in [3.8, 4) is 0 Å². The molecule has 0 bridgehead atoms. The molecule has 2 heterocycles. The number of amides is 2. The molecular formula is C15H19N3OS. The summed E-state index contributed by atoms with van der Waals surface area (Å²) in [6, 6.07) is 8.38. The molecule has 1 aliphatic rings. The lowest BCUT2D eigenvalue weighted by Crippen LogP contribution is -2.45. The number of carbonyl (C=O) groups is 1. The van der Waals surface area contributed by atoms with Crippen molar-refractivity contribution in [3.63, 3.8) is 0 Å². The van der Waals surface area contributed by atoms with Crippen LogP contribution in [0.1, 0.15) is 18.5 Å². The van der Waals surface area contributed by atoms with Crippen LogP contribution in [0.2, 0.25) is 0 Å². The highest BCUT2D eigenvalue weighted by Gasteiger charge is 2.18. The predicted octanol–water partition coefficient (Wildman–Crippen LogP) is 2.99. The Bertz CT molecular complexity index is 604. The van der Waals surface area contributed by atoms with Crippen LogP contribution in [0.4, 0.5) is 4.79 Å². The van der Waals surface area contributed by atoms with Crippen LogP contribution in [0.15, 0.2) is 30.5 Å². The number of nitrogens with zero attached hydrogens (tertiary/aromatic N) is 1. The summed E-state index contributed by atoms with van der Waals surface area (Å²) in [4.78, 5) is 17.3. The quantitative estimate of drug-likeness (QED) is 0.893. The summed E-state index contributed by atoms with van der Waals surface area (Å²) in [6.45, 7) is 3.73. The molecule has 5 heteroatoms. The highest BCUT2D eigenvalue weighted by Crippen LogP contribution is 2.20. The van der Waals surface area contributed by atoms with Gasteiger partial charge in [0.05, 0.1) is 6.04 Å². The molecule has 0 radical (unpaired) electrons. The second-order valence-electron chi connectivity index (χ2n) is 5.09. The lowest BCUT2D eigenvalue weighted by molar-refractivity contribution is 0.200. The second kappa shape index (κ2) is 5.79. The number of nitrogens with one attached hydrogen (secondary N) is 2. The summed E-state index contributed by atoms with van der Waals surface area (Å²) in [7, 11) is 0. The molecule has 1 aliphatic heterocycles. The van der Waals surface area contributed by atoms with Crippen LogP contribution in [0.3, 0.4) is 0 Å². The first kappa shape index (κ1) is 13.4. The number of thioether (sulfide) groups is 1. The van der Waals surface area contributed by atoms with Crippen molar-refractivity contribution in [2.75, 3.05) is 24.6 Å². The Hall–Kier alpha value is -1.62. The lowest BCUT2D eigenvalue weighted by atomic mass is 10.1. The van der Waals surface area contributed by atoms with E-state index in [4.69, 9.17) is 0 Å². The van der Waals surface area contributed by atoms with E-state index in [1.807, 2.05) is 29.8 Å². The average Bonchev–Trinajstić information content (AvgIpc) is 2.95. The molecule has 4 nitrogen and oxygen atoms in total. The largest absolute Gasteiger partial charge is 0.361 e. The number of rotatable bonds is 2. The third-order valence-corrected chi connectivity index (χ3v) is 4.66. The minimum atomic E-state index is 0.0244. The Morgan fingerprint density at radius 2 is 2.15 bits per heavy atom. The summed E-state index contributed by atoms with van der Waals surface area (Å²) < 4.78 is 0. The van der Waals surface area contributed by atoms with Crippen molar-refractivity contribution in [2.24, 2.45) is 0 Å². The first-order valence-corrected chi connectivity index (χ1v) is 8.10. The number of aromatic nitrogens is 1. The molecule has 2 N–H and O–H groups in total. The van der Waals surface area contributed by atoms with E-state index in [1.54, 1.807) is 0 Å². The minimum Gasteiger partial charge on any atom is -0.361 e. The average molecular weight is 289 g/mol. The Morgan fingerprint density at radius 1 is 1.35 bits per heavy atom. The molecule has 1 fully saturated rings. The smallest absolute Gasteiger partial charge is 0.317 e. The molecule has 20 heavy (non-hydrogen) atoms. The maximum Gasteiger partial charge on any atom is 0.317 e. The SMILES string of the molecule is C[C@H](NC(=O)N1CCSCC1)c1ccc2[nH]ccc2c1. The van der Waals surface area contributed by atoms with Crippen LogP contribution in [-0.4, -0.2) is 40.5 Å². The van der Waals surface area contributed by atoms with E-state index in [9.17, 15) is 4.79 Å². The van der Waals surface area contributed by atoms with E-state index in [2.05, 4.69) is 34.6 Å². The number of carbonyl (C=O) groups excluding carboxylic acids is 1. The van der Waals surface area contributed by atoms with E-state index in [0.29, 0.717) is 0 Å². The fourth-order valence-electron chi connectivity index (χ4n) is 2.47. The number of fused-ring (bicyclic) bond motifs is 1. The van der Waals surface area contributed by atoms with Gasteiger partial charge in [-0.15, -0.1) is 0 Å². The van der Waals surface area contributed by atoms with E-state index >= 15 is 0 Å². The van der Waals surface area contributed by atoms with Gasteiger partial charge in [0.2, 0.25) is 0 Å². The predicted molar refractivity (Wildman–Crippen MR) is 84.1 cm³/mol. The number of benzene rings is 1. The van der Waals surface area contributed by atoms with Crippen LogP contribution in [0.5, 0.6) is 0 Å². The van der Waals surface area contributed by atoms with Gasteiger partial charge >= 0.3 is 6.03 Å². The van der Waals surface area contributed by atoms with Gasteiger partial charge in [-0.05, 0) is 36.1 Å². The van der Waals surface area contributed by atoms with Crippen LogP contribution < -0.4 is 5.32 Å². The molecule has 0 spiro atoms. The van der Waals surface area contributed by atoms with Gasteiger partial charge in [0, 0.05) is 36.3 Å². The molecule has 1 saturated heterocycles. The maximum absolute atomic E-state index is 12.2. The van der Waals surface area contributed by atoms with Crippen molar-refractivity contribution in [1.82, 2.24) is 15.2 Å². The fraction of sp³-hybridized carbons (Fsp3) is 0.400. The molecule has 1 atom stereocenters. The van der Waals surface area contributed by atoms with Gasteiger partial charge in [0.1, 0.15) is 0 Å². The number of H-pyrrole nitrogens is 1. The zero-order valence-electron chi connectivity index (χ0n) is 11.6. The summed E-state index contributed by atoms with van der Waals surface area (Å²) in [5.74, 6) is 2.08. The second-order valence-corrected chi connectivity index (χ2v) is 6.32. The molecule has 1 aromatic heterocycles. The fourth-order valence-corrected chi connectivity index (χ4v) is 3.37. The first-order chi connectivity index (χ1) is 9.74. The summed E-state index contributed by atoms with van der Waals surface area (Å²) in [5, 5.41) is 4.27. The summed E-state index contributed by atoms with van der Waals surface area (Å²) in [5.41, 5.74) is 2.26. The van der Waals surface area contributed by atoms with Gasteiger partial charge in [-0.2, -0.15) is 11.8 Å². The van der Waals surface area contributed by atoms with E-state index in [-0.39, 0.29) is 12.1 Å². The molecule has 1 aromatic carbocycles. The summed E-state index contributed by atoms with van der Waals surface area (Å²) in [6.07, 6.45) is 1.93. The Kier molecular flexibility index (Phi) is 3.87. The van der Waals surface area contributed by atoms with Crippen molar-refractivity contribution < 1.29 is 4.79 Å². The molecule has 0 saturated carbocycles. The monoisotopic (exact) mass is 289 g/mol. The lowest BCUT2D eigenvalue weighted by Gasteiger charge is -2.28. The zero-order chi connectivity index (χ0) is 13.9. The third kappa shape index (κ3) is 2.77. The molecule has 0 unspecified atom stereocenters. The number of urea groups is 1. The van der Waals surface area contributed by atoms with Gasteiger partial charge < -0.3 is 15.2 Å². The first-order valence-electron chi connectivity index (χ1n) is 6.94. The van der Waals surface area contributed by atoms with Gasteiger partial charge in [0.25, 0.3) is 0 Å². The van der Waals surface area contributed by atoms with Crippen molar-refractivity contribution >= 4 is 28.7 Å². The van der Waals surface area contributed by atoms with Gasteiger partial charge in [-0.1, -0.05) is 6.07 Å². The van der Waals surface area contributed by atoms with Crippen LogP contribution in [-0.2, 0) is 0 Å². The standard InChI is InChI=1S/C15H19N3OS/c1-11(17-15(19)18-6-8-20-9-7-18)12-2-3-14-13(10-12)4-5-16-14/h2-5,10-11,16H,6-9H2,1H3,(H,17,19)/t11-/m0/s1. The van der Waals surface area contributed by atoms with E-state index in [0.717, 1.165) is 35.7 Å². The Labute approximate surface area is 122 Å². The maximum atomic E-state index is 12.2. The molecule has 3 rings (SSSR count). The molecule has 106 valence electrons. The molecule has 2 aromatic rings. The zero-order valence-corrected chi connectivity index (χ0v) is 12.4. The normalized spacial score (nSPS) is 17.1. The van der Waals surface area contributed by atoms with Crippen molar-refractivity contribution in [1.29, 1.82) is 0 Å². The van der Waals surface area contributed by atoms with Gasteiger partial charge in [-0.3, -0.25) is 0 Å². The van der Waals surface area contributed by atoms with Crippen molar-refractivity contribution in [3.05, 3.63) is 36.0 Å². The van der Waals surface area contributed by atoms with Crippen LogP contribution >= 0.6 is 11.8 Å². The third-order valence-electron chi connectivity index (χ3n) is 3.72. The molecule has 0 aliphatic carbocycles. The highest BCUT2D eigenvalue weighted by molar-refractivity contribution is 7.99. The molecule has 2 amide bonds. The highest BCUT2D eigenvalue weighted by atomic mass is 32.2. The van der Waals surface area contributed by atoms with Gasteiger partial charge in [0.15, 0.2) is 0 Å². The Morgan fingerprint density at radius 3 is 2.95 bits per heavy atom.